The van der Waals surface area contributed by atoms with E-state index >= 15 is 0 Å². The lowest BCUT2D eigenvalue weighted by molar-refractivity contribution is 0.0698. The van der Waals surface area contributed by atoms with Crippen molar-refractivity contribution in [2.45, 2.75) is 0 Å². The third-order valence-electron chi connectivity index (χ3n) is 2.25. The van der Waals surface area contributed by atoms with Gasteiger partial charge in [-0.25, -0.2) is 23.9 Å². The van der Waals surface area contributed by atoms with Crippen LogP contribution in [0.4, 0.5) is 20.8 Å². The number of halogens is 1. The fraction of sp³-hybridized carbons (Fsp3) is 0. The van der Waals surface area contributed by atoms with E-state index < -0.39 is 17.8 Å². The van der Waals surface area contributed by atoms with Crippen LogP contribution >= 0.6 is 0 Å². The van der Waals surface area contributed by atoms with Gasteiger partial charge < -0.3 is 10.4 Å². The van der Waals surface area contributed by atoms with Gasteiger partial charge in [0.1, 0.15) is 5.82 Å². The Balaban J connectivity index is 2.15. The van der Waals surface area contributed by atoms with Crippen LogP contribution in [-0.2, 0) is 0 Å². The molecule has 1 aromatic carbocycles. The number of carbonyl (C=O) groups excluding carboxylic acids is 1. The van der Waals surface area contributed by atoms with Gasteiger partial charge in [0.2, 0.25) is 5.95 Å². The number of rotatable bonds is 3. The zero-order valence-electron chi connectivity index (χ0n) is 10.0. The van der Waals surface area contributed by atoms with Gasteiger partial charge in [-0.2, -0.15) is 0 Å². The minimum absolute atomic E-state index is 0.0401. The second-order valence-corrected chi connectivity index (χ2v) is 3.65. The Morgan fingerprint density at radius 1 is 1.15 bits per heavy atom. The predicted octanol–water partition coefficient (Wildman–Crippen LogP) is 1.96. The zero-order valence-corrected chi connectivity index (χ0v) is 10.0. The Morgan fingerprint density at radius 3 is 2.50 bits per heavy atom. The number of benzene rings is 1. The molecule has 2 aromatic rings. The summed E-state index contributed by atoms with van der Waals surface area (Å²) in [6.45, 7) is 0. The first-order chi connectivity index (χ1) is 9.56. The number of nitrogens with one attached hydrogen (secondary N) is 2. The Bertz CT molecular complexity index is 648. The highest BCUT2D eigenvalue weighted by molar-refractivity contribution is 6.03. The van der Waals surface area contributed by atoms with Crippen LogP contribution in [0.1, 0.15) is 10.4 Å². The number of urea groups is 1. The summed E-state index contributed by atoms with van der Waals surface area (Å²) in [5.41, 5.74) is -0.388. The quantitative estimate of drug-likeness (QED) is 0.794. The van der Waals surface area contributed by atoms with Crippen LogP contribution in [0.3, 0.4) is 0 Å². The van der Waals surface area contributed by atoms with Crippen molar-refractivity contribution in [1.29, 1.82) is 0 Å². The lowest BCUT2D eigenvalue weighted by Crippen LogP contribution is -2.22. The van der Waals surface area contributed by atoms with Gasteiger partial charge in [0, 0.05) is 12.4 Å². The summed E-state index contributed by atoms with van der Waals surface area (Å²) in [4.78, 5) is 30.1. The van der Waals surface area contributed by atoms with E-state index in [4.69, 9.17) is 5.11 Å². The van der Waals surface area contributed by atoms with Crippen LogP contribution in [0.2, 0.25) is 0 Å². The summed E-state index contributed by atoms with van der Waals surface area (Å²) in [5, 5.41) is 13.5. The highest BCUT2D eigenvalue weighted by atomic mass is 19.1. The molecule has 0 atom stereocenters. The molecule has 0 aliphatic heterocycles. The average Bonchev–Trinajstić information content (AvgIpc) is 2.39. The molecular weight excluding hydrogens is 267 g/mol. The molecule has 7 nitrogen and oxygen atoms in total. The molecule has 0 spiro atoms. The van der Waals surface area contributed by atoms with Crippen LogP contribution in [0.15, 0.2) is 36.7 Å². The SMILES string of the molecule is O=C(Nc1ncccn1)Nc1cc(F)ccc1C(=O)O. The Labute approximate surface area is 112 Å². The molecule has 1 aromatic heterocycles. The Kier molecular flexibility index (Phi) is 3.85. The number of carbonyl (C=O) groups is 2. The summed E-state index contributed by atoms with van der Waals surface area (Å²) in [6, 6.07) is 3.76. The van der Waals surface area contributed by atoms with Gasteiger partial charge in [0.15, 0.2) is 0 Å². The number of carboxylic acids is 1. The standard InChI is InChI=1S/C12H9FN4O3/c13-7-2-3-8(10(18)19)9(6-7)16-12(20)17-11-14-4-1-5-15-11/h1-6H,(H,18,19)(H2,14,15,16,17,20). The molecule has 0 aliphatic rings. The molecule has 0 fully saturated rings. The maximum atomic E-state index is 13.1. The Hall–Kier alpha value is -3.03. The average molecular weight is 276 g/mol. The summed E-state index contributed by atoms with van der Waals surface area (Å²) in [7, 11) is 0. The van der Waals surface area contributed by atoms with Crippen LogP contribution in [0.25, 0.3) is 0 Å². The number of carboxylic acid groups (broad SMARTS) is 1. The number of nitrogens with zero attached hydrogens (tertiary/aromatic N) is 2. The van der Waals surface area contributed by atoms with E-state index in [0.29, 0.717) is 0 Å². The molecular formula is C12H9FN4O3. The molecule has 0 saturated carbocycles. The first-order valence-electron chi connectivity index (χ1n) is 5.44. The third kappa shape index (κ3) is 3.25. The number of aromatic carboxylic acids is 1. The predicted molar refractivity (Wildman–Crippen MR) is 68.0 cm³/mol. The Morgan fingerprint density at radius 2 is 1.85 bits per heavy atom. The second kappa shape index (κ2) is 5.74. The first kappa shape index (κ1) is 13.4. The largest absolute Gasteiger partial charge is 0.478 e. The van der Waals surface area contributed by atoms with Gasteiger partial charge in [-0.15, -0.1) is 0 Å². The number of aromatic nitrogens is 2. The van der Waals surface area contributed by atoms with Gasteiger partial charge in [0.25, 0.3) is 0 Å². The highest BCUT2D eigenvalue weighted by Crippen LogP contribution is 2.17. The molecule has 102 valence electrons. The molecule has 2 rings (SSSR count). The summed E-state index contributed by atoms with van der Waals surface area (Å²) < 4.78 is 13.1. The number of hydrogen-bond donors (Lipinski definition) is 3. The molecule has 3 N–H and O–H groups in total. The second-order valence-electron chi connectivity index (χ2n) is 3.65. The fourth-order valence-corrected chi connectivity index (χ4v) is 1.43. The normalized spacial score (nSPS) is 9.85. The summed E-state index contributed by atoms with van der Waals surface area (Å²) in [5.74, 6) is -1.91. The fourth-order valence-electron chi connectivity index (χ4n) is 1.43. The minimum atomic E-state index is -1.28. The van der Waals surface area contributed by atoms with Crippen molar-refractivity contribution >= 4 is 23.6 Å². The van der Waals surface area contributed by atoms with Gasteiger partial charge in [-0.1, -0.05) is 0 Å². The maximum Gasteiger partial charge on any atom is 0.337 e. The van der Waals surface area contributed by atoms with Gasteiger partial charge in [0.05, 0.1) is 11.3 Å². The van der Waals surface area contributed by atoms with Crippen molar-refractivity contribution < 1.29 is 19.1 Å². The lowest BCUT2D eigenvalue weighted by atomic mass is 10.2. The maximum absolute atomic E-state index is 13.1. The molecule has 0 bridgehead atoms. The van der Waals surface area contributed by atoms with E-state index in [1.165, 1.54) is 12.4 Å². The molecule has 1 heterocycles. The van der Waals surface area contributed by atoms with Gasteiger partial charge in [-0.05, 0) is 24.3 Å². The van der Waals surface area contributed by atoms with Crippen LogP contribution in [-0.4, -0.2) is 27.1 Å². The monoisotopic (exact) mass is 276 g/mol. The molecule has 2 amide bonds. The van der Waals surface area contributed by atoms with Crippen molar-refractivity contribution in [3.63, 3.8) is 0 Å². The topological polar surface area (TPSA) is 104 Å². The minimum Gasteiger partial charge on any atom is -0.478 e. The number of amides is 2. The van der Waals surface area contributed by atoms with E-state index in [1.807, 2.05) is 0 Å². The van der Waals surface area contributed by atoms with E-state index in [2.05, 4.69) is 20.6 Å². The van der Waals surface area contributed by atoms with Crippen molar-refractivity contribution in [2.75, 3.05) is 10.6 Å². The van der Waals surface area contributed by atoms with E-state index in [9.17, 15) is 14.0 Å². The third-order valence-corrected chi connectivity index (χ3v) is 2.25. The van der Waals surface area contributed by atoms with Crippen molar-refractivity contribution in [2.24, 2.45) is 0 Å². The van der Waals surface area contributed by atoms with E-state index in [-0.39, 0.29) is 17.2 Å². The molecule has 0 aliphatic carbocycles. The zero-order chi connectivity index (χ0) is 14.5. The van der Waals surface area contributed by atoms with Crippen molar-refractivity contribution in [3.8, 4) is 0 Å². The van der Waals surface area contributed by atoms with Crippen molar-refractivity contribution in [3.05, 3.63) is 48.0 Å². The lowest BCUT2D eigenvalue weighted by Gasteiger charge is -2.09. The number of anilines is 2. The first-order valence-corrected chi connectivity index (χ1v) is 5.44. The van der Waals surface area contributed by atoms with Crippen molar-refractivity contribution in [1.82, 2.24) is 9.97 Å². The van der Waals surface area contributed by atoms with Crippen LogP contribution < -0.4 is 10.6 Å². The van der Waals surface area contributed by atoms with E-state index in [1.54, 1.807) is 6.07 Å². The molecule has 0 radical (unpaired) electrons. The molecule has 0 saturated heterocycles. The smallest absolute Gasteiger partial charge is 0.337 e. The summed E-state index contributed by atoms with van der Waals surface area (Å²) in [6.07, 6.45) is 2.85. The van der Waals surface area contributed by atoms with Gasteiger partial charge in [-0.3, -0.25) is 5.32 Å². The van der Waals surface area contributed by atoms with Crippen LogP contribution in [0, 0.1) is 5.82 Å². The summed E-state index contributed by atoms with van der Waals surface area (Å²) >= 11 is 0. The molecule has 8 heteroatoms. The highest BCUT2D eigenvalue weighted by Gasteiger charge is 2.13. The molecule has 20 heavy (non-hydrogen) atoms. The number of hydrogen-bond acceptors (Lipinski definition) is 4. The van der Waals surface area contributed by atoms with E-state index in [0.717, 1.165) is 18.2 Å². The van der Waals surface area contributed by atoms with Gasteiger partial charge >= 0.3 is 12.0 Å². The molecule has 0 unspecified atom stereocenters. The van der Waals surface area contributed by atoms with Crippen LogP contribution in [0.5, 0.6) is 0 Å².